The highest BCUT2D eigenvalue weighted by atomic mass is 35.5. The standard InChI is InChI=1S/C24H14Cl3N3O6/c25-17-3-1-2-4-20(17)29-23(32)16(22(31)28-24(29)33)9-14-10-18(26)21(19(27)11-14)36-12-13-5-7-15(8-6-13)30(34)35/h1-11H,12H2,(H,28,31,33)/b16-9+. The molecule has 1 heterocycles. The van der Waals surface area contributed by atoms with Crippen molar-refractivity contribution in [2.75, 3.05) is 4.90 Å². The van der Waals surface area contributed by atoms with Crippen molar-refractivity contribution in [2.24, 2.45) is 0 Å². The summed E-state index contributed by atoms with van der Waals surface area (Å²) in [5.41, 5.74) is 0.683. The molecule has 3 aromatic rings. The summed E-state index contributed by atoms with van der Waals surface area (Å²) in [5.74, 6) is -1.62. The summed E-state index contributed by atoms with van der Waals surface area (Å²) in [5, 5.41) is 13.2. The number of benzene rings is 3. The number of amides is 4. The van der Waals surface area contributed by atoms with Crippen LogP contribution in [0.15, 0.2) is 66.2 Å². The molecule has 1 saturated heterocycles. The summed E-state index contributed by atoms with van der Waals surface area (Å²) in [7, 11) is 0. The molecule has 4 amide bonds. The molecule has 1 aliphatic rings. The lowest BCUT2D eigenvalue weighted by Gasteiger charge is -2.27. The number of nitrogens with zero attached hydrogens (tertiary/aromatic N) is 2. The molecule has 1 N–H and O–H groups in total. The number of hydrogen-bond donors (Lipinski definition) is 1. The molecule has 0 bridgehead atoms. The van der Waals surface area contributed by atoms with Crippen molar-refractivity contribution < 1.29 is 24.0 Å². The van der Waals surface area contributed by atoms with E-state index in [1.165, 1.54) is 54.6 Å². The molecule has 0 saturated carbocycles. The molecule has 0 aliphatic carbocycles. The van der Waals surface area contributed by atoms with Crippen LogP contribution in [0.3, 0.4) is 0 Å². The number of anilines is 1. The number of hydrogen-bond acceptors (Lipinski definition) is 6. The summed E-state index contributed by atoms with van der Waals surface area (Å²) in [6.45, 7) is 0.0354. The second-order valence-corrected chi connectivity index (χ2v) is 8.66. The van der Waals surface area contributed by atoms with Crippen LogP contribution in [0.5, 0.6) is 5.75 Å². The predicted molar refractivity (Wildman–Crippen MR) is 134 cm³/mol. The van der Waals surface area contributed by atoms with Crippen LogP contribution in [0.25, 0.3) is 6.08 Å². The average molecular weight is 547 g/mol. The molecular weight excluding hydrogens is 533 g/mol. The molecule has 0 radical (unpaired) electrons. The van der Waals surface area contributed by atoms with Gasteiger partial charge in [-0.2, -0.15) is 0 Å². The Labute approximate surface area is 219 Å². The first-order valence-electron chi connectivity index (χ1n) is 10.2. The monoisotopic (exact) mass is 545 g/mol. The molecule has 12 heteroatoms. The number of carbonyl (C=O) groups is 3. The van der Waals surface area contributed by atoms with Gasteiger partial charge in [-0.15, -0.1) is 0 Å². The Morgan fingerprint density at radius 1 is 0.944 bits per heavy atom. The fourth-order valence-electron chi connectivity index (χ4n) is 3.35. The van der Waals surface area contributed by atoms with E-state index < -0.39 is 22.8 Å². The minimum Gasteiger partial charge on any atom is -0.486 e. The van der Waals surface area contributed by atoms with Gasteiger partial charge in [0.25, 0.3) is 17.5 Å². The third-order valence-electron chi connectivity index (χ3n) is 5.06. The smallest absolute Gasteiger partial charge is 0.335 e. The molecule has 3 aromatic carbocycles. The Morgan fingerprint density at radius 3 is 2.19 bits per heavy atom. The lowest BCUT2D eigenvalue weighted by atomic mass is 10.1. The van der Waals surface area contributed by atoms with Crippen LogP contribution in [0, 0.1) is 10.1 Å². The largest absolute Gasteiger partial charge is 0.486 e. The maximum atomic E-state index is 13.1. The summed E-state index contributed by atoms with van der Waals surface area (Å²) >= 11 is 18.8. The zero-order valence-electron chi connectivity index (χ0n) is 18.0. The van der Waals surface area contributed by atoms with Gasteiger partial charge in [-0.3, -0.25) is 25.0 Å². The third-order valence-corrected chi connectivity index (χ3v) is 5.94. The maximum Gasteiger partial charge on any atom is 0.335 e. The summed E-state index contributed by atoms with van der Waals surface area (Å²) in [4.78, 5) is 48.9. The number of carbonyl (C=O) groups excluding carboxylic acids is 3. The molecule has 0 spiro atoms. The molecule has 0 atom stereocenters. The van der Waals surface area contributed by atoms with E-state index in [1.807, 2.05) is 0 Å². The average Bonchev–Trinajstić information content (AvgIpc) is 2.82. The highest BCUT2D eigenvalue weighted by Gasteiger charge is 2.37. The minimum atomic E-state index is -0.929. The van der Waals surface area contributed by atoms with E-state index >= 15 is 0 Å². The van der Waals surface area contributed by atoms with Gasteiger partial charge in [0.2, 0.25) is 0 Å². The van der Waals surface area contributed by atoms with E-state index in [9.17, 15) is 24.5 Å². The van der Waals surface area contributed by atoms with Gasteiger partial charge in [-0.05, 0) is 53.6 Å². The van der Waals surface area contributed by atoms with Crippen LogP contribution < -0.4 is 15.0 Å². The molecule has 1 fully saturated rings. The Balaban J connectivity index is 1.58. The number of imide groups is 2. The number of nitrogens with one attached hydrogen (secondary N) is 1. The molecule has 36 heavy (non-hydrogen) atoms. The fourth-order valence-corrected chi connectivity index (χ4v) is 4.18. The quantitative estimate of drug-likeness (QED) is 0.181. The van der Waals surface area contributed by atoms with Gasteiger partial charge in [0.1, 0.15) is 12.2 Å². The van der Waals surface area contributed by atoms with Crippen molar-refractivity contribution in [3.63, 3.8) is 0 Å². The zero-order valence-corrected chi connectivity index (χ0v) is 20.3. The van der Waals surface area contributed by atoms with E-state index in [-0.39, 0.29) is 44.4 Å². The molecule has 182 valence electrons. The van der Waals surface area contributed by atoms with E-state index in [1.54, 1.807) is 12.1 Å². The second kappa shape index (κ2) is 10.4. The lowest BCUT2D eigenvalue weighted by molar-refractivity contribution is -0.384. The second-order valence-electron chi connectivity index (χ2n) is 7.44. The molecule has 4 rings (SSSR count). The van der Waals surface area contributed by atoms with Crippen molar-refractivity contribution in [3.8, 4) is 5.75 Å². The van der Waals surface area contributed by atoms with E-state index in [2.05, 4.69) is 5.32 Å². The number of nitro groups is 1. The first-order chi connectivity index (χ1) is 17.2. The number of halogens is 3. The molecular formula is C24H14Cl3N3O6. The maximum absolute atomic E-state index is 13.1. The minimum absolute atomic E-state index is 0.0354. The SMILES string of the molecule is O=C1NC(=O)N(c2ccccc2Cl)C(=O)/C1=C/c1cc(Cl)c(OCc2ccc([N+](=O)[O-])cc2)c(Cl)c1. The lowest BCUT2D eigenvalue weighted by Crippen LogP contribution is -2.54. The Kier molecular flexibility index (Phi) is 7.25. The first-order valence-corrected chi connectivity index (χ1v) is 11.3. The van der Waals surface area contributed by atoms with Crippen LogP contribution >= 0.6 is 34.8 Å². The van der Waals surface area contributed by atoms with Gasteiger partial charge in [0.05, 0.1) is 25.7 Å². The topological polar surface area (TPSA) is 119 Å². The van der Waals surface area contributed by atoms with E-state index in [0.29, 0.717) is 11.1 Å². The molecule has 0 aromatic heterocycles. The number of barbiturate groups is 1. The number of ether oxygens (including phenoxy) is 1. The third kappa shape index (κ3) is 5.18. The zero-order chi connectivity index (χ0) is 26.0. The van der Waals surface area contributed by atoms with E-state index in [4.69, 9.17) is 39.5 Å². The van der Waals surface area contributed by atoms with Crippen LogP contribution in [-0.4, -0.2) is 22.8 Å². The highest BCUT2D eigenvalue weighted by Crippen LogP contribution is 2.36. The highest BCUT2D eigenvalue weighted by molar-refractivity contribution is 6.42. The Hall–Kier alpha value is -3.92. The van der Waals surface area contributed by atoms with Gasteiger partial charge < -0.3 is 4.74 Å². The molecule has 1 aliphatic heterocycles. The fraction of sp³-hybridized carbons (Fsp3) is 0.0417. The first kappa shape index (κ1) is 25.2. The van der Waals surface area contributed by atoms with E-state index in [0.717, 1.165) is 4.90 Å². The van der Waals surface area contributed by atoms with Gasteiger partial charge in [0, 0.05) is 12.1 Å². The van der Waals surface area contributed by atoms with Gasteiger partial charge in [0.15, 0.2) is 5.75 Å². The van der Waals surface area contributed by atoms with Crippen molar-refractivity contribution in [1.29, 1.82) is 0 Å². The van der Waals surface area contributed by atoms with Gasteiger partial charge >= 0.3 is 6.03 Å². The Morgan fingerprint density at radius 2 is 1.58 bits per heavy atom. The van der Waals surface area contributed by atoms with Crippen molar-refractivity contribution in [2.45, 2.75) is 6.61 Å². The van der Waals surface area contributed by atoms with Crippen LogP contribution in [0.2, 0.25) is 15.1 Å². The van der Waals surface area contributed by atoms with Crippen molar-refractivity contribution in [1.82, 2.24) is 5.32 Å². The van der Waals surface area contributed by atoms with Crippen LogP contribution in [-0.2, 0) is 16.2 Å². The predicted octanol–water partition coefficient (Wildman–Crippen LogP) is 5.80. The number of rotatable bonds is 6. The number of nitro benzene ring substituents is 1. The summed E-state index contributed by atoms with van der Waals surface area (Å²) in [6.07, 6.45) is 1.24. The number of para-hydroxylation sites is 1. The summed E-state index contributed by atoms with van der Waals surface area (Å²) < 4.78 is 5.68. The Bertz CT molecular complexity index is 1420. The van der Waals surface area contributed by atoms with Crippen molar-refractivity contribution >= 4 is 70.1 Å². The van der Waals surface area contributed by atoms with Gasteiger partial charge in [-0.25, -0.2) is 9.69 Å². The van der Waals surface area contributed by atoms with Crippen LogP contribution in [0.1, 0.15) is 11.1 Å². The van der Waals surface area contributed by atoms with Crippen LogP contribution in [0.4, 0.5) is 16.2 Å². The van der Waals surface area contributed by atoms with Gasteiger partial charge in [-0.1, -0.05) is 46.9 Å². The normalized spacial score (nSPS) is 14.7. The number of non-ortho nitro benzene ring substituents is 1. The number of urea groups is 1. The summed E-state index contributed by atoms with van der Waals surface area (Å²) in [6, 6.07) is 13.9. The van der Waals surface area contributed by atoms with Crippen molar-refractivity contribution in [3.05, 3.63) is 103 Å². The molecule has 0 unspecified atom stereocenters. The molecule has 9 nitrogen and oxygen atoms in total.